The maximum Gasteiger partial charge on any atom is 0.0657 e. The zero-order valence-corrected chi connectivity index (χ0v) is 18.6. The molecule has 1 spiro atoms. The van der Waals surface area contributed by atoms with Crippen molar-refractivity contribution in [3.63, 3.8) is 0 Å². The molecule has 0 N–H and O–H groups in total. The Morgan fingerprint density at radius 3 is 2.50 bits per heavy atom. The van der Waals surface area contributed by atoms with Gasteiger partial charge in [0.1, 0.15) is 0 Å². The number of hydrogen-bond donors (Lipinski definition) is 0. The molecular formula is C31H21Cl. The van der Waals surface area contributed by atoms with Gasteiger partial charge in [0, 0.05) is 5.02 Å². The molecule has 1 heteroatoms. The van der Waals surface area contributed by atoms with Crippen LogP contribution in [0.3, 0.4) is 0 Å². The second-order valence-corrected chi connectivity index (χ2v) is 9.00. The molecule has 0 nitrogen and oxygen atoms in total. The SMILES string of the molecule is C#C/C=C\C1=C(C)C2(C3=C1C=CC3)c1ccccc1-c1cccc(-c3ccc(Cl)cc3)c12. The minimum atomic E-state index is -0.282. The Kier molecular flexibility index (Phi) is 4.19. The number of allylic oxidation sites excluding steroid dienone is 8. The number of hydrogen-bond acceptors (Lipinski definition) is 0. The van der Waals surface area contributed by atoms with Gasteiger partial charge in [-0.1, -0.05) is 84.3 Å². The summed E-state index contributed by atoms with van der Waals surface area (Å²) in [6.45, 7) is 2.28. The Labute approximate surface area is 194 Å². The van der Waals surface area contributed by atoms with E-state index in [2.05, 4.69) is 85.7 Å². The third-order valence-corrected chi connectivity index (χ3v) is 7.46. The maximum atomic E-state index is 6.23. The Balaban J connectivity index is 1.75. The number of rotatable bonds is 2. The minimum absolute atomic E-state index is 0.282. The van der Waals surface area contributed by atoms with Crippen LogP contribution in [-0.4, -0.2) is 0 Å². The molecule has 152 valence electrons. The summed E-state index contributed by atoms with van der Waals surface area (Å²) < 4.78 is 0. The average molecular weight is 429 g/mol. The van der Waals surface area contributed by atoms with Crippen molar-refractivity contribution >= 4 is 11.6 Å². The molecule has 0 fully saturated rings. The number of terminal acetylenes is 1. The predicted molar refractivity (Wildman–Crippen MR) is 135 cm³/mol. The number of benzene rings is 3. The van der Waals surface area contributed by atoms with Gasteiger partial charge < -0.3 is 0 Å². The fourth-order valence-electron chi connectivity index (χ4n) is 6.02. The van der Waals surface area contributed by atoms with Gasteiger partial charge in [-0.05, 0) is 93.3 Å². The number of halogens is 1. The summed E-state index contributed by atoms with van der Waals surface area (Å²) in [6.07, 6.45) is 15.0. The van der Waals surface area contributed by atoms with Crippen LogP contribution >= 0.6 is 11.6 Å². The first-order valence-electron chi connectivity index (χ1n) is 10.9. The van der Waals surface area contributed by atoms with Gasteiger partial charge in [-0.3, -0.25) is 0 Å². The first kappa shape index (κ1) is 19.2. The van der Waals surface area contributed by atoms with E-state index in [0.29, 0.717) is 0 Å². The molecule has 6 rings (SSSR count). The van der Waals surface area contributed by atoms with Crippen LogP contribution < -0.4 is 0 Å². The van der Waals surface area contributed by atoms with Crippen molar-refractivity contribution in [2.24, 2.45) is 0 Å². The van der Waals surface area contributed by atoms with Crippen molar-refractivity contribution < 1.29 is 0 Å². The van der Waals surface area contributed by atoms with E-state index in [0.717, 1.165) is 11.4 Å². The molecule has 3 aromatic carbocycles. The highest BCUT2D eigenvalue weighted by Gasteiger charge is 2.53. The molecule has 0 amide bonds. The summed E-state index contributed by atoms with van der Waals surface area (Å²) in [4.78, 5) is 0. The summed E-state index contributed by atoms with van der Waals surface area (Å²) >= 11 is 6.23. The maximum absolute atomic E-state index is 6.23. The molecule has 32 heavy (non-hydrogen) atoms. The molecular weight excluding hydrogens is 408 g/mol. The molecule has 0 radical (unpaired) electrons. The van der Waals surface area contributed by atoms with E-state index >= 15 is 0 Å². The van der Waals surface area contributed by atoms with Gasteiger partial charge in [-0.25, -0.2) is 0 Å². The van der Waals surface area contributed by atoms with Crippen LogP contribution in [0.5, 0.6) is 0 Å². The molecule has 0 saturated carbocycles. The fourth-order valence-corrected chi connectivity index (χ4v) is 6.15. The molecule has 0 heterocycles. The van der Waals surface area contributed by atoms with Crippen LogP contribution in [0.25, 0.3) is 22.3 Å². The lowest BCUT2D eigenvalue weighted by Gasteiger charge is -2.34. The molecule has 3 aliphatic carbocycles. The lowest BCUT2D eigenvalue weighted by atomic mass is 9.67. The van der Waals surface area contributed by atoms with E-state index in [1.54, 1.807) is 0 Å². The highest BCUT2D eigenvalue weighted by molar-refractivity contribution is 6.30. The van der Waals surface area contributed by atoms with Gasteiger partial charge in [0.25, 0.3) is 0 Å². The summed E-state index contributed by atoms with van der Waals surface area (Å²) in [5.74, 6) is 2.68. The van der Waals surface area contributed by atoms with Crippen molar-refractivity contribution in [3.8, 4) is 34.6 Å². The van der Waals surface area contributed by atoms with Gasteiger partial charge in [-0.15, -0.1) is 6.42 Å². The van der Waals surface area contributed by atoms with Crippen molar-refractivity contribution in [2.45, 2.75) is 18.8 Å². The van der Waals surface area contributed by atoms with Gasteiger partial charge in [0.2, 0.25) is 0 Å². The van der Waals surface area contributed by atoms with Crippen LogP contribution in [-0.2, 0) is 5.41 Å². The summed E-state index contributed by atoms with van der Waals surface area (Å²) in [5.41, 5.74) is 12.9. The van der Waals surface area contributed by atoms with E-state index in [4.69, 9.17) is 18.0 Å². The monoisotopic (exact) mass is 428 g/mol. The topological polar surface area (TPSA) is 0 Å². The summed E-state index contributed by atoms with van der Waals surface area (Å²) in [6, 6.07) is 23.8. The zero-order chi connectivity index (χ0) is 21.9. The molecule has 1 atom stereocenters. The Morgan fingerprint density at radius 2 is 1.69 bits per heavy atom. The molecule has 0 saturated heterocycles. The van der Waals surface area contributed by atoms with Gasteiger partial charge in [-0.2, -0.15) is 0 Å². The lowest BCUT2D eigenvalue weighted by Crippen LogP contribution is -2.28. The van der Waals surface area contributed by atoms with E-state index in [1.807, 2.05) is 18.2 Å². The Bertz CT molecular complexity index is 1450. The van der Waals surface area contributed by atoms with E-state index in [-0.39, 0.29) is 5.41 Å². The third-order valence-electron chi connectivity index (χ3n) is 7.20. The van der Waals surface area contributed by atoms with Crippen molar-refractivity contribution in [1.29, 1.82) is 0 Å². The standard InChI is InChI=1S/C31H21Cl/c1-3-4-9-23-20(2)31(29-15-8-12-25(23)29)28-14-6-5-10-26(28)27-13-7-11-24(30(27)31)21-16-18-22(32)19-17-21/h1,4-14,16-19H,15H2,2H3/b9-4-. The van der Waals surface area contributed by atoms with Gasteiger partial charge in [0.15, 0.2) is 0 Å². The van der Waals surface area contributed by atoms with Crippen LogP contribution in [0, 0.1) is 12.3 Å². The van der Waals surface area contributed by atoms with Crippen LogP contribution in [0.4, 0.5) is 0 Å². The molecule has 0 aromatic heterocycles. The Morgan fingerprint density at radius 1 is 0.938 bits per heavy atom. The van der Waals surface area contributed by atoms with Crippen LogP contribution in [0.15, 0.2) is 113 Å². The van der Waals surface area contributed by atoms with Crippen molar-refractivity contribution in [1.82, 2.24) is 0 Å². The second-order valence-electron chi connectivity index (χ2n) is 8.57. The van der Waals surface area contributed by atoms with Crippen LogP contribution in [0.2, 0.25) is 5.02 Å². The lowest BCUT2D eigenvalue weighted by molar-refractivity contribution is 0.726. The molecule has 0 bridgehead atoms. The second kappa shape index (κ2) is 6.99. The smallest absolute Gasteiger partial charge is 0.0657 e. The third kappa shape index (κ3) is 2.35. The Hall–Kier alpha value is -3.53. The van der Waals surface area contributed by atoms with E-state index < -0.39 is 0 Å². The quantitative estimate of drug-likeness (QED) is 0.362. The normalized spacial score (nSPS) is 20.3. The first-order valence-corrected chi connectivity index (χ1v) is 11.3. The largest absolute Gasteiger partial charge is 0.115 e. The first-order chi connectivity index (χ1) is 15.7. The highest BCUT2D eigenvalue weighted by atomic mass is 35.5. The number of fused-ring (bicyclic) bond motifs is 6. The molecule has 3 aliphatic rings. The average Bonchev–Trinajstić information content (AvgIpc) is 3.47. The predicted octanol–water partition coefficient (Wildman–Crippen LogP) is 8.05. The molecule has 0 aliphatic heterocycles. The highest BCUT2D eigenvalue weighted by Crippen LogP contribution is 2.64. The van der Waals surface area contributed by atoms with Gasteiger partial charge in [0.05, 0.1) is 5.41 Å². The minimum Gasteiger partial charge on any atom is -0.115 e. The van der Waals surface area contributed by atoms with Crippen molar-refractivity contribution in [3.05, 3.63) is 129 Å². The zero-order valence-electron chi connectivity index (χ0n) is 17.8. The molecule has 1 unspecified atom stereocenters. The summed E-state index contributed by atoms with van der Waals surface area (Å²) in [5, 5.41) is 0.753. The molecule has 3 aromatic rings. The van der Waals surface area contributed by atoms with E-state index in [9.17, 15) is 0 Å². The summed E-state index contributed by atoms with van der Waals surface area (Å²) in [7, 11) is 0. The van der Waals surface area contributed by atoms with Gasteiger partial charge >= 0.3 is 0 Å². The van der Waals surface area contributed by atoms with E-state index in [1.165, 1.54) is 55.7 Å². The van der Waals surface area contributed by atoms with Crippen molar-refractivity contribution in [2.75, 3.05) is 0 Å². The fraction of sp³-hybridized carbons (Fsp3) is 0.0968. The van der Waals surface area contributed by atoms with Crippen LogP contribution in [0.1, 0.15) is 24.5 Å².